The molecule has 0 aliphatic rings. The summed E-state index contributed by atoms with van der Waals surface area (Å²) in [5, 5.41) is 9.09. The molecule has 4 aromatic carbocycles. The number of nitrogens with zero attached hydrogens (tertiary/aromatic N) is 6. The lowest BCUT2D eigenvalue weighted by Crippen LogP contribution is -2.11. The zero-order chi connectivity index (χ0) is 29.3. The molecule has 0 spiro atoms. The highest BCUT2D eigenvalue weighted by molar-refractivity contribution is 5.76. The standard InChI is InChI=1S/C34H32N8/c1-23-33(41-39-27-15-7-5-8-16-27)24(2)36-31-21-13-14-22-32(31)38-26(4)34(42-40-28-17-9-6-10-18-28)25(3)37-30-20-12-11-19-29(30)35-23/h5-22,39,41H,1-4H3. The van der Waals surface area contributed by atoms with E-state index in [0.29, 0.717) is 39.1 Å². The average molecular weight is 553 g/mol. The Morgan fingerprint density at radius 1 is 0.429 bits per heavy atom. The van der Waals surface area contributed by atoms with Gasteiger partial charge in [0.1, 0.15) is 5.69 Å². The van der Waals surface area contributed by atoms with Gasteiger partial charge in [0.2, 0.25) is 0 Å². The van der Waals surface area contributed by atoms with E-state index in [2.05, 4.69) is 21.1 Å². The lowest BCUT2D eigenvalue weighted by atomic mass is 10.2. The first-order valence-electron chi connectivity index (χ1n) is 13.7. The molecule has 208 valence electrons. The van der Waals surface area contributed by atoms with Crippen LogP contribution in [0, 0.1) is 27.7 Å². The summed E-state index contributed by atoms with van der Waals surface area (Å²) in [4.78, 5) is 19.9. The van der Waals surface area contributed by atoms with Crippen LogP contribution in [0.25, 0.3) is 22.1 Å². The number of benzene rings is 4. The SMILES string of the molecule is Cc1nc2ccccc2nc(C)c(NNc2ccccc2)c(C)nc2ccccc2nc(C)c1N=Nc1ccccc1. The van der Waals surface area contributed by atoms with Crippen LogP contribution < -0.4 is 10.9 Å². The van der Waals surface area contributed by atoms with Gasteiger partial charge in [0.15, 0.2) is 0 Å². The van der Waals surface area contributed by atoms with Gasteiger partial charge in [-0.15, -0.1) is 5.11 Å². The minimum absolute atomic E-state index is 0.572. The summed E-state index contributed by atoms with van der Waals surface area (Å²) in [6.07, 6.45) is 0. The first-order chi connectivity index (χ1) is 20.5. The molecule has 5 rings (SSSR count). The Labute approximate surface area is 245 Å². The molecule has 0 bridgehead atoms. The van der Waals surface area contributed by atoms with Crippen LogP contribution in [0.5, 0.6) is 0 Å². The zero-order valence-electron chi connectivity index (χ0n) is 24.1. The number of azo groups is 1. The normalized spacial score (nSPS) is 10.8. The fourth-order valence-corrected chi connectivity index (χ4v) is 4.35. The highest BCUT2D eigenvalue weighted by atomic mass is 15.4. The second-order valence-electron chi connectivity index (χ2n) is 9.64. The molecule has 0 saturated carbocycles. The molecule has 0 atom stereocenters. The van der Waals surface area contributed by atoms with Crippen LogP contribution in [0.3, 0.4) is 0 Å². The monoisotopic (exact) mass is 552 g/mol. The Hall–Kier alpha value is -5.50. The van der Waals surface area contributed by atoms with Gasteiger partial charge in [-0.1, -0.05) is 60.7 Å². The molecular weight excluding hydrogens is 520 g/mol. The number of aromatic nitrogens is 4. The smallest absolute Gasteiger partial charge is 0.128 e. The Kier molecular flexibility index (Phi) is 8.84. The van der Waals surface area contributed by atoms with Crippen molar-refractivity contribution in [2.24, 2.45) is 10.2 Å². The third kappa shape index (κ3) is 6.98. The van der Waals surface area contributed by atoms with Crippen LogP contribution in [0.2, 0.25) is 0 Å². The number of rotatable bonds is 5. The molecule has 0 radical (unpaired) electrons. The van der Waals surface area contributed by atoms with E-state index >= 15 is 0 Å². The fourth-order valence-electron chi connectivity index (χ4n) is 4.35. The van der Waals surface area contributed by atoms with E-state index in [1.165, 1.54) is 0 Å². The van der Waals surface area contributed by atoms with Crippen LogP contribution in [0.4, 0.5) is 22.7 Å². The zero-order valence-corrected chi connectivity index (χ0v) is 24.1. The number of fused-ring (bicyclic) bond motifs is 2. The van der Waals surface area contributed by atoms with Crippen LogP contribution in [-0.2, 0) is 0 Å². The number of hydrazine groups is 1. The van der Waals surface area contributed by atoms with Gasteiger partial charge in [-0.05, 0) is 76.2 Å². The van der Waals surface area contributed by atoms with Crippen molar-refractivity contribution in [1.82, 2.24) is 19.9 Å². The molecule has 8 nitrogen and oxygen atoms in total. The molecular formula is C34H32N8. The van der Waals surface area contributed by atoms with E-state index in [9.17, 15) is 0 Å². The molecule has 1 aromatic heterocycles. The summed E-state index contributed by atoms with van der Waals surface area (Å²) in [6.45, 7) is 7.73. The van der Waals surface area contributed by atoms with Crippen LogP contribution in [-0.4, -0.2) is 19.9 Å². The van der Waals surface area contributed by atoms with Crippen molar-refractivity contribution in [3.63, 3.8) is 0 Å². The van der Waals surface area contributed by atoms with Crippen molar-refractivity contribution in [2.75, 3.05) is 10.9 Å². The van der Waals surface area contributed by atoms with Gasteiger partial charge in [-0.25, -0.2) is 19.9 Å². The minimum atomic E-state index is 0.572. The highest BCUT2D eigenvalue weighted by Crippen LogP contribution is 2.24. The fraction of sp³-hybridized carbons (Fsp3) is 0.118. The van der Waals surface area contributed by atoms with Gasteiger partial charge >= 0.3 is 0 Å². The van der Waals surface area contributed by atoms with Gasteiger partial charge < -0.3 is 5.43 Å². The number of para-hydroxylation sites is 5. The van der Waals surface area contributed by atoms with E-state index in [1.54, 1.807) is 0 Å². The summed E-state index contributed by atoms with van der Waals surface area (Å²) in [7, 11) is 0. The number of anilines is 2. The van der Waals surface area contributed by atoms with Crippen molar-refractivity contribution >= 4 is 44.8 Å². The maximum Gasteiger partial charge on any atom is 0.128 e. The Morgan fingerprint density at radius 3 is 1.31 bits per heavy atom. The summed E-state index contributed by atoms with van der Waals surface area (Å²) in [5.74, 6) is 0. The maximum absolute atomic E-state index is 5.00. The highest BCUT2D eigenvalue weighted by Gasteiger charge is 2.07. The number of aryl methyl sites for hydroxylation is 4. The lowest BCUT2D eigenvalue weighted by Gasteiger charge is -2.12. The Balaban J connectivity index is 1.82. The molecule has 42 heavy (non-hydrogen) atoms. The van der Waals surface area contributed by atoms with E-state index in [1.807, 2.05) is 137 Å². The second-order valence-corrected chi connectivity index (χ2v) is 9.64. The molecule has 0 aliphatic carbocycles. The van der Waals surface area contributed by atoms with Crippen molar-refractivity contribution in [2.45, 2.75) is 27.7 Å². The second kappa shape index (κ2) is 13.2. The molecule has 0 fully saturated rings. The first-order valence-corrected chi connectivity index (χ1v) is 13.7. The van der Waals surface area contributed by atoms with Gasteiger partial charge in [0.25, 0.3) is 0 Å². The first kappa shape index (κ1) is 28.0. The third-order valence-corrected chi connectivity index (χ3v) is 6.45. The third-order valence-electron chi connectivity index (χ3n) is 6.45. The summed E-state index contributed by atoms with van der Waals surface area (Å²) in [5.41, 5.74) is 15.2. The largest absolute Gasteiger partial charge is 0.301 e. The quantitative estimate of drug-likeness (QED) is 0.167. The van der Waals surface area contributed by atoms with Crippen molar-refractivity contribution in [3.05, 3.63) is 132 Å². The predicted octanol–water partition coefficient (Wildman–Crippen LogP) is 8.91. The van der Waals surface area contributed by atoms with Gasteiger partial charge in [-0.2, -0.15) is 5.11 Å². The summed E-state index contributed by atoms with van der Waals surface area (Å²) in [6, 6.07) is 35.0. The minimum Gasteiger partial charge on any atom is -0.301 e. The molecule has 0 aliphatic heterocycles. The van der Waals surface area contributed by atoms with E-state index < -0.39 is 0 Å². The van der Waals surface area contributed by atoms with Gasteiger partial charge in [0, 0.05) is 0 Å². The van der Waals surface area contributed by atoms with Crippen LogP contribution in [0.15, 0.2) is 119 Å². The summed E-state index contributed by atoms with van der Waals surface area (Å²) >= 11 is 0. The summed E-state index contributed by atoms with van der Waals surface area (Å²) < 4.78 is 0. The van der Waals surface area contributed by atoms with E-state index in [-0.39, 0.29) is 0 Å². The number of nitrogens with one attached hydrogen (secondary N) is 2. The van der Waals surface area contributed by atoms with Crippen molar-refractivity contribution in [3.8, 4) is 0 Å². The molecule has 0 saturated heterocycles. The number of hydrogen-bond acceptors (Lipinski definition) is 8. The van der Waals surface area contributed by atoms with Crippen molar-refractivity contribution in [1.29, 1.82) is 0 Å². The van der Waals surface area contributed by atoms with E-state index in [0.717, 1.165) is 28.5 Å². The number of hydrogen-bond donors (Lipinski definition) is 2. The lowest BCUT2D eigenvalue weighted by molar-refractivity contribution is 1.11. The Morgan fingerprint density at radius 2 is 0.833 bits per heavy atom. The van der Waals surface area contributed by atoms with E-state index in [4.69, 9.17) is 19.9 Å². The molecule has 0 amide bonds. The van der Waals surface area contributed by atoms with Gasteiger partial charge in [0.05, 0.1) is 61.9 Å². The van der Waals surface area contributed by atoms with Crippen LogP contribution in [0.1, 0.15) is 22.8 Å². The molecule has 0 unspecified atom stereocenters. The molecule has 2 N–H and O–H groups in total. The van der Waals surface area contributed by atoms with Crippen LogP contribution >= 0.6 is 0 Å². The molecule has 8 heteroatoms. The topological polar surface area (TPSA) is 100 Å². The average Bonchev–Trinajstić information content (AvgIpc) is 3.00. The Bertz CT molecular complexity index is 1780. The predicted molar refractivity (Wildman–Crippen MR) is 171 cm³/mol. The molecule has 5 aromatic rings. The van der Waals surface area contributed by atoms with Crippen molar-refractivity contribution < 1.29 is 0 Å². The maximum atomic E-state index is 5.00. The molecule has 1 heterocycles. The van der Waals surface area contributed by atoms with Gasteiger partial charge in [-0.3, -0.25) is 5.43 Å².